The Labute approximate surface area is 99.0 Å². The maximum atomic E-state index is 11.6. The molecule has 0 bridgehead atoms. The van der Waals surface area contributed by atoms with Crippen LogP contribution in [0.5, 0.6) is 0 Å². The van der Waals surface area contributed by atoms with E-state index < -0.39 is 5.97 Å². The van der Waals surface area contributed by atoms with E-state index in [0.29, 0.717) is 36.8 Å². The molecule has 0 aromatic carbocycles. The number of carboxylic acid groups (broad SMARTS) is 1. The number of carboxylic acids is 1. The molecular formula is C12H15NO4. The van der Waals surface area contributed by atoms with Crippen molar-refractivity contribution in [3.8, 4) is 0 Å². The SMILES string of the molecule is Cc1cc(CN2CC(C)CC2=O)oc1C(=O)O. The second-order valence-electron chi connectivity index (χ2n) is 4.61. The van der Waals surface area contributed by atoms with Crippen molar-refractivity contribution in [2.24, 2.45) is 5.92 Å². The molecule has 0 spiro atoms. The van der Waals surface area contributed by atoms with Gasteiger partial charge in [-0.2, -0.15) is 0 Å². The molecule has 2 heterocycles. The first-order valence-electron chi connectivity index (χ1n) is 5.57. The smallest absolute Gasteiger partial charge is 0.372 e. The number of aryl methyl sites for hydroxylation is 1. The lowest BCUT2D eigenvalue weighted by atomic mass is 10.2. The summed E-state index contributed by atoms with van der Waals surface area (Å²) < 4.78 is 5.23. The van der Waals surface area contributed by atoms with E-state index in [1.54, 1.807) is 17.9 Å². The minimum Gasteiger partial charge on any atom is -0.475 e. The zero-order valence-corrected chi connectivity index (χ0v) is 9.90. The summed E-state index contributed by atoms with van der Waals surface area (Å²) in [6, 6.07) is 1.68. The molecule has 1 N–H and O–H groups in total. The fraction of sp³-hybridized carbons (Fsp3) is 0.500. The van der Waals surface area contributed by atoms with Crippen molar-refractivity contribution < 1.29 is 19.1 Å². The molecule has 1 aromatic heterocycles. The van der Waals surface area contributed by atoms with Gasteiger partial charge in [-0.25, -0.2) is 4.79 Å². The maximum absolute atomic E-state index is 11.6. The maximum Gasteiger partial charge on any atom is 0.372 e. The molecule has 0 radical (unpaired) electrons. The van der Waals surface area contributed by atoms with E-state index in [0.717, 1.165) is 0 Å². The van der Waals surface area contributed by atoms with Gasteiger partial charge in [-0.15, -0.1) is 0 Å². The third-order valence-corrected chi connectivity index (χ3v) is 2.92. The van der Waals surface area contributed by atoms with Crippen LogP contribution in [0.2, 0.25) is 0 Å². The summed E-state index contributed by atoms with van der Waals surface area (Å²) in [5.74, 6) is -0.127. The first-order valence-corrected chi connectivity index (χ1v) is 5.57. The molecular weight excluding hydrogens is 222 g/mol. The minimum atomic E-state index is -1.07. The lowest BCUT2D eigenvalue weighted by Gasteiger charge is -2.13. The van der Waals surface area contributed by atoms with Crippen LogP contribution in [0.25, 0.3) is 0 Å². The van der Waals surface area contributed by atoms with E-state index in [2.05, 4.69) is 0 Å². The van der Waals surface area contributed by atoms with Crippen molar-refractivity contribution >= 4 is 11.9 Å². The van der Waals surface area contributed by atoms with Crippen LogP contribution in [-0.2, 0) is 11.3 Å². The highest BCUT2D eigenvalue weighted by atomic mass is 16.4. The molecule has 1 unspecified atom stereocenters. The average molecular weight is 237 g/mol. The first kappa shape index (κ1) is 11.7. The number of nitrogens with zero attached hydrogens (tertiary/aromatic N) is 1. The molecule has 0 aliphatic carbocycles. The minimum absolute atomic E-state index is 0.0419. The first-order chi connectivity index (χ1) is 7.97. The van der Waals surface area contributed by atoms with Crippen LogP contribution in [0.3, 0.4) is 0 Å². The number of likely N-dealkylation sites (tertiary alicyclic amines) is 1. The number of hydrogen-bond donors (Lipinski definition) is 1. The standard InChI is InChI=1S/C12H15NO4/c1-7-3-10(14)13(5-7)6-9-4-8(2)11(17-9)12(15)16/h4,7H,3,5-6H2,1-2H3,(H,15,16). The molecule has 5 nitrogen and oxygen atoms in total. The number of furan rings is 1. The Morgan fingerprint density at radius 1 is 1.65 bits per heavy atom. The Hall–Kier alpha value is -1.78. The molecule has 1 aliphatic rings. The summed E-state index contributed by atoms with van der Waals surface area (Å²) in [5.41, 5.74) is 0.590. The van der Waals surface area contributed by atoms with Gasteiger partial charge in [0, 0.05) is 18.5 Å². The molecule has 17 heavy (non-hydrogen) atoms. The molecule has 1 fully saturated rings. The van der Waals surface area contributed by atoms with Gasteiger partial charge in [-0.05, 0) is 18.9 Å². The molecule has 5 heteroatoms. The lowest BCUT2D eigenvalue weighted by Crippen LogP contribution is -2.24. The van der Waals surface area contributed by atoms with E-state index in [9.17, 15) is 9.59 Å². The molecule has 1 aliphatic heterocycles. The summed E-state index contributed by atoms with van der Waals surface area (Å²) in [6.07, 6.45) is 0.561. The monoisotopic (exact) mass is 237 g/mol. The molecule has 1 atom stereocenters. The quantitative estimate of drug-likeness (QED) is 0.867. The largest absolute Gasteiger partial charge is 0.475 e. The molecule has 92 valence electrons. The Kier molecular flexibility index (Phi) is 2.92. The van der Waals surface area contributed by atoms with Crippen molar-refractivity contribution in [2.75, 3.05) is 6.54 Å². The van der Waals surface area contributed by atoms with Crippen molar-refractivity contribution in [1.82, 2.24) is 4.90 Å². The zero-order chi connectivity index (χ0) is 12.6. The summed E-state index contributed by atoms with van der Waals surface area (Å²) in [4.78, 5) is 24.1. The van der Waals surface area contributed by atoms with Crippen molar-refractivity contribution in [3.63, 3.8) is 0 Å². The highest BCUT2D eigenvalue weighted by Gasteiger charge is 2.27. The van der Waals surface area contributed by atoms with Crippen LogP contribution >= 0.6 is 0 Å². The molecule has 0 saturated carbocycles. The Balaban J connectivity index is 2.12. The Bertz CT molecular complexity index is 463. The number of hydrogen-bond acceptors (Lipinski definition) is 3. The van der Waals surface area contributed by atoms with Gasteiger partial charge in [0.25, 0.3) is 0 Å². The topological polar surface area (TPSA) is 70.8 Å². The van der Waals surface area contributed by atoms with Crippen LogP contribution in [0.4, 0.5) is 0 Å². The fourth-order valence-corrected chi connectivity index (χ4v) is 2.15. The number of carbonyl (C=O) groups excluding carboxylic acids is 1. The number of amides is 1. The number of rotatable bonds is 3. The van der Waals surface area contributed by atoms with Gasteiger partial charge >= 0.3 is 5.97 Å². The number of carbonyl (C=O) groups is 2. The van der Waals surface area contributed by atoms with Gasteiger partial charge in [-0.1, -0.05) is 6.92 Å². The van der Waals surface area contributed by atoms with Gasteiger partial charge < -0.3 is 14.4 Å². The van der Waals surface area contributed by atoms with Gasteiger partial charge in [0.2, 0.25) is 11.7 Å². The van der Waals surface area contributed by atoms with Gasteiger partial charge in [-0.3, -0.25) is 4.79 Å². The number of aromatic carboxylic acids is 1. The van der Waals surface area contributed by atoms with Crippen LogP contribution in [-0.4, -0.2) is 28.4 Å². The van der Waals surface area contributed by atoms with E-state index in [1.165, 1.54) is 0 Å². The van der Waals surface area contributed by atoms with Gasteiger partial charge in [0.15, 0.2) is 0 Å². The molecule has 1 aromatic rings. The molecule has 1 saturated heterocycles. The van der Waals surface area contributed by atoms with Crippen LogP contribution in [0, 0.1) is 12.8 Å². The highest BCUT2D eigenvalue weighted by Crippen LogP contribution is 2.22. The van der Waals surface area contributed by atoms with E-state index >= 15 is 0 Å². The van der Waals surface area contributed by atoms with Crippen molar-refractivity contribution in [3.05, 3.63) is 23.2 Å². The van der Waals surface area contributed by atoms with Gasteiger partial charge in [0.05, 0.1) is 6.54 Å². The van der Waals surface area contributed by atoms with Crippen molar-refractivity contribution in [2.45, 2.75) is 26.8 Å². The average Bonchev–Trinajstić information content (AvgIpc) is 2.71. The van der Waals surface area contributed by atoms with E-state index in [-0.39, 0.29) is 11.7 Å². The van der Waals surface area contributed by atoms with Crippen LogP contribution < -0.4 is 0 Å². The molecule has 2 rings (SSSR count). The Morgan fingerprint density at radius 2 is 2.35 bits per heavy atom. The van der Waals surface area contributed by atoms with E-state index in [4.69, 9.17) is 9.52 Å². The third kappa shape index (κ3) is 2.33. The normalized spacial score (nSPS) is 20.0. The van der Waals surface area contributed by atoms with Crippen LogP contribution in [0.1, 0.15) is 35.2 Å². The summed E-state index contributed by atoms with van der Waals surface area (Å²) in [7, 11) is 0. The molecule has 1 amide bonds. The fourth-order valence-electron chi connectivity index (χ4n) is 2.15. The van der Waals surface area contributed by atoms with E-state index in [1.807, 2.05) is 6.92 Å². The highest BCUT2D eigenvalue weighted by molar-refractivity contribution is 5.86. The summed E-state index contributed by atoms with van der Waals surface area (Å²) in [5, 5.41) is 8.86. The lowest BCUT2D eigenvalue weighted by molar-refractivity contribution is -0.128. The summed E-state index contributed by atoms with van der Waals surface area (Å²) >= 11 is 0. The Morgan fingerprint density at radius 3 is 2.82 bits per heavy atom. The third-order valence-electron chi connectivity index (χ3n) is 2.92. The second kappa shape index (κ2) is 4.24. The predicted octanol–water partition coefficient (Wildman–Crippen LogP) is 1.65. The zero-order valence-electron chi connectivity index (χ0n) is 9.90. The van der Waals surface area contributed by atoms with Crippen LogP contribution in [0.15, 0.2) is 10.5 Å². The summed E-state index contributed by atoms with van der Waals surface area (Å²) in [6.45, 7) is 4.77. The van der Waals surface area contributed by atoms with Gasteiger partial charge in [0.1, 0.15) is 5.76 Å². The second-order valence-corrected chi connectivity index (χ2v) is 4.61. The predicted molar refractivity (Wildman–Crippen MR) is 59.6 cm³/mol. The van der Waals surface area contributed by atoms with Crippen molar-refractivity contribution in [1.29, 1.82) is 0 Å².